The van der Waals surface area contributed by atoms with Gasteiger partial charge in [0.2, 0.25) is 10.0 Å². The Kier molecular flexibility index (Phi) is 7.02. The predicted molar refractivity (Wildman–Crippen MR) is 144 cm³/mol. The van der Waals surface area contributed by atoms with Gasteiger partial charge in [-0.2, -0.15) is 0 Å². The van der Waals surface area contributed by atoms with Crippen LogP contribution < -0.4 is 4.72 Å². The van der Waals surface area contributed by atoms with Crippen LogP contribution in [0.1, 0.15) is 24.8 Å². The molecule has 1 aliphatic heterocycles. The van der Waals surface area contributed by atoms with Crippen molar-refractivity contribution in [1.29, 1.82) is 0 Å². The summed E-state index contributed by atoms with van der Waals surface area (Å²) in [6.07, 6.45) is 7.09. The topological polar surface area (TPSA) is 65.2 Å². The van der Waals surface area contributed by atoms with E-state index in [9.17, 15) is 8.42 Å². The number of aromatic nitrogens is 1. The van der Waals surface area contributed by atoms with Crippen LogP contribution in [0.25, 0.3) is 26.6 Å². The molecule has 0 saturated heterocycles. The Morgan fingerprint density at radius 3 is 2.71 bits per heavy atom. The number of nitrogens with one attached hydrogen (secondary N) is 2. The molecule has 0 radical (unpaired) electrons. The van der Waals surface area contributed by atoms with Crippen LogP contribution in [0.2, 0.25) is 10.0 Å². The number of nitrogens with zero attached hydrogens (tertiary/aromatic N) is 1. The maximum Gasteiger partial charge on any atom is 0.250 e. The smallest absolute Gasteiger partial charge is 0.250 e. The van der Waals surface area contributed by atoms with Crippen molar-refractivity contribution in [2.75, 3.05) is 26.2 Å². The Hall–Kier alpha value is -1.87. The molecule has 178 valence electrons. The molecule has 0 amide bonds. The standard InChI is InChI=1S/C25H25Cl2N3O2S2/c26-19-4-6-24-18(13-19)14-25(33-24)34(31,32)29-9-1-2-10-30-11-7-17(8-12-30)22-16-28-23-5-3-20(27)15-21(22)23/h3-7,13-16,28-29H,1-2,8-12H2. The van der Waals surface area contributed by atoms with E-state index in [2.05, 4.69) is 26.9 Å². The highest BCUT2D eigenvalue weighted by atomic mass is 35.5. The predicted octanol–water partition coefficient (Wildman–Crippen LogP) is 6.54. The minimum atomic E-state index is -3.50. The molecule has 2 aromatic heterocycles. The molecule has 0 fully saturated rings. The fraction of sp³-hybridized carbons (Fsp3) is 0.280. The first kappa shape index (κ1) is 23.9. The van der Waals surface area contributed by atoms with Gasteiger partial charge in [0.25, 0.3) is 0 Å². The van der Waals surface area contributed by atoms with E-state index in [1.165, 1.54) is 27.9 Å². The molecular formula is C25H25Cl2N3O2S2. The molecule has 9 heteroatoms. The number of rotatable bonds is 8. The van der Waals surface area contributed by atoms with Gasteiger partial charge < -0.3 is 4.98 Å². The summed E-state index contributed by atoms with van der Waals surface area (Å²) in [5.41, 5.74) is 3.68. The second-order valence-corrected chi connectivity index (χ2v) is 12.5. The Labute approximate surface area is 213 Å². The Morgan fingerprint density at radius 1 is 1.06 bits per heavy atom. The number of unbranched alkanes of at least 4 members (excludes halogenated alkanes) is 1. The largest absolute Gasteiger partial charge is 0.361 e. The van der Waals surface area contributed by atoms with Gasteiger partial charge in [-0.05, 0) is 79.2 Å². The molecule has 5 rings (SSSR count). The summed E-state index contributed by atoms with van der Waals surface area (Å²) >= 11 is 13.5. The van der Waals surface area contributed by atoms with Gasteiger partial charge >= 0.3 is 0 Å². The van der Waals surface area contributed by atoms with Gasteiger partial charge in [-0.15, -0.1) is 11.3 Å². The molecule has 5 nitrogen and oxygen atoms in total. The van der Waals surface area contributed by atoms with E-state index in [-0.39, 0.29) is 0 Å². The summed E-state index contributed by atoms with van der Waals surface area (Å²) in [5.74, 6) is 0. The lowest BCUT2D eigenvalue weighted by Crippen LogP contribution is -2.30. The van der Waals surface area contributed by atoms with E-state index >= 15 is 0 Å². The number of sulfonamides is 1. The fourth-order valence-corrected chi connectivity index (χ4v) is 7.23. The number of hydrogen-bond acceptors (Lipinski definition) is 4. The van der Waals surface area contributed by atoms with Crippen LogP contribution in [0.15, 0.2) is 58.9 Å². The van der Waals surface area contributed by atoms with Gasteiger partial charge in [0.05, 0.1) is 0 Å². The number of thiophene rings is 1. The van der Waals surface area contributed by atoms with Crippen molar-refractivity contribution in [2.24, 2.45) is 0 Å². The molecule has 0 saturated carbocycles. The molecule has 2 N–H and O–H groups in total. The van der Waals surface area contributed by atoms with Crippen LogP contribution in [0.3, 0.4) is 0 Å². The van der Waals surface area contributed by atoms with E-state index < -0.39 is 10.0 Å². The molecule has 0 unspecified atom stereocenters. The minimum Gasteiger partial charge on any atom is -0.361 e. The highest BCUT2D eigenvalue weighted by Gasteiger charge is 2.18. The van der Waals surface area contributed by atoms with Gasteiger partial charge in [0.1, 0.15) is 4.21 Å². The first-order chi connectivity index (χ1) is 16.4. The molecule has 3 heterocycles. The molecule has 0 bridgehead atoms. The normalized spacial score (nSPS) is 15.3. The summed E-state index contributed by atoms with van der Waals surface area (Å²) in [7, 11) is -3.50. The minimum absolute atomic E-state index is 0.331. The van der Waals surface area contributed by atoms with Crippen molar-refractivity contribution >= 4 is 71.1 Å². The molecule has 0 aliphatic carbocycles. The Balaban J connectivity index is 1.10. The number of fused-ring (bicyclic) bond motifs is 2. The number of H-pyrrole nitrogens is 1. The van der Waals surface area contributed by atoms with Crippen LogP contribution in [0.4, 0.5) is 0 Å². The van der Waals surface area contributed by atoms with Crippen molar-refractivity contribution in [1.82, 2.24) is 14.6 Å². The number of hydrogen-bond donors (Lipinski definition) is 2. The van der Waals surface area contributed by atoms with E-state index in [1.807, 2.05) is 24.3 Å². The maximum atomic E-state index is 12.7. The molecule has 34 heavy (non-hydrogen) atoms. The fourth-order valence-electron chi connectivity index (χ4n) is 4.38. The summed E-state index contributed by atoms with van der Waals surface area (Å²) < 4.78 is 29.3. The first-order valence-electron chi connectivity index (χ1n) is 11.3. The van der Waals surface area contributed by atoms with Gasteiger partial charge in [0.15, 0.2) is 0 Å². The maximum absolute atomic E-state index is 12.7. The third kappa shape index (κ3) is 5.20. The van der Waals surface area contributed by atoms with Crippen molar-refractivity contribution in [2.45, 2.75) is 23.5 Å². The first-order valence-corrected chi connectivity index (χ1v) is 14.3. The molecule has 4 aromatic rings. The number of halogens is 2. The van der Waals surface area contributed by atoms with Crippen LogP contribution in [0, 0.1) is 0 Å². The van der Waals surface area contributed by atoms with Crippen molar-refractivity contribution < 1.29 is 8.42 Å². The Bertz CT molecular complexity index is 1470. The monoisotopic (exact) mass is 533 g/mol. The highest BCUT2D eigenvalue weighted by Crippen LogP contribution is 2.32. The zero-order chi connectivity index (χ0) is 23.7. The summed E-state index contributed by atoms with van der Waals surface area (Å²) in [6.45, 7) is 3.28. The van der Waals surface area contributed by atoms with Crippen molar-refractivity contribution in [3.8, 4) is 0 Å². The van der Waals surface area contributed by atoms with E-state index in [1.54, 1.807) is 18.2 Å². The van der Waals surface area contributed by atoms with Crippen LogP contribution in [-0.4, -0.2) is 44.5 Å². The molecule has 2 aromatic carbocycles. The van der Waals surface area contributed by atoms with Gasteiger partial charge in [-0.25, -0.2) is 13.1 Å². The van der Waals surface area contributed by atoms with Crippen molar-refractivity contribution in [3.63, 3.8) is 0 Å². The van der Waals surface area contributed by atoms with E-state index in [4.69, 9.17) is 23.2 Å². The lowest BCUT2D eigenvalue weighted by molar-refractivity contribution is 0.295. The van der Waals surface area contributed by atoms with Gasteiger partial charge in [-0.1, -0.05) is 29.3 Å². The number of aromatic amines is 1. The summed E-state index contributed by atoms with van der Waals surface area (Å²) in [6, 6.07) is 13.0. The quantitative estimate of drug-likeness (QED) is 0.253. The average Bonchev–Trinajstić information content (AvgIpc) is 3.43. The third-order valence-electron chi connectivity index (χ3n) is 6.20. The second-order valence-electron chi connectivity index (χ2n) is 8.52. The Morgan fingerprint density at radius 2 is 1.88 bits per heavy atom. The molecule has 0 spiro atoms. The lowest BCUT2D eigenvalue weighted by atomic mass is 9.99. The molecule has 1 aliphatic rings. The van der Waals surface area contributed by atoms with Crippen LogP contribution >= 0.6 is 34.5 Å². The molecular weight excluding hydrogens is 509 g/mol. The van der Waals surface area contributed by atoms with E-state index in [0.29, 0.717) is 15.8 Å². The molecule has 0 atom stereocenters. The highest BCUT2D eigenvalue weighted by molar-refractivity contribution is 7.91. The zero-order valence-electron chi connectivity index (χ0n) is 18.5. The number of benzene rings is 2. The second kappa shape index (κ2) is 10.0. The van der Waals surface area contributed by atoms with Gasteiger partial charge in [-0.3, -0.25) is 4.90 Å². The van der Waals surface area contributed by atoms with E-state index in [0.717, 1.165) is 59.5 Å². The summed E-state index contributed by atoms with van der Waals surface area (Å²) in [4.78, 5) is 5.74. The van der Waals surface area contributed by atoms with Crippen LogP contribution in [-0.2, 0) is 10.0 Å². The average molecular weight is 535 g/mol. The SMILES string of the molecule is O=S(=O)(NCCCCN1CC=C(c2c[nH]c3ccc(Cl)cc23)CC1)c1cc2cc(Cl)ccc2s1. The van der Waals surface area contributed by atoms with Crippen molar-refractivity contribution in [3.05, 3.63) is 70.3 Å². The zero-order valence-corrected chi connectivity index (χ0v) is 21.6. The third-order valence-corrected chi connectivity index (χ3v) is 9.72. The van der Waals surface area contributed by atoms with Crippen LogP contribution in [0.5, 0.6) is 0 Å². The lowest BCUT2D eigenvalue weighted by Gasteiger charge is -2.26. The van der Waals surface area contributed by atoms with Gasteiger partial charge in [0, 0.05) is 57.0 Å². The summed E-state index contributed by atoms with van der Waals surface area (Å²) in [5, 5.41) is 3.37.